The lowest BCUT2D eigenvalue weighted by molar-refractivity contribution is -0.197. The van der Waals surface area contributed by atoms with Gasteiger partial charge in [0.25, 0.3) is 5.91 Å². The van der Waals surface area contributed by atoms with Gasteiger partial charge >= 0.3 is 6.18 Å². The van der Waals surface area contributed by atoms with Crippen LogP contribution in [0.4, 0.5) is 13.2 Å². The van der Waals surface area contributed by atoms with E-state index in [9.17, 15) is 18.0 Å². The van der Waals surface area contributed by atoms with Gasteiger partial charge in [-0.2, -0.15) is 18.3 Å². The molecule has 0 bridgehead atoms. The first kappa shape index (κ1) is 21.1. The number of ether oxygens (including phenoxy) is 1. The van der Waals surface area contributed by atoms with Gasteiger partial charge in [-0.15, -0.1) is 0 Å². The topological polar surface area (TPSA) is 60.2 Å². The molecular formula is C24H27F3N4O2. The third-order valence-corrected chi connectivity index (χ3v) is 7.75. The lowest BCUT2D eigenvalue weighted by Gasteiger charge is -2.37. The summed E-state index contributed by atoms with van der Waals surface area (Å²) in [5.74, 6) is -1.49. The highest BCUT2D eigenvalue weighted by Crippen LogP contribution is 2.51. The number of carbonyl (C=O) groups is 1. The normalized spacial score (nSPS) is 29.8. The van der Waals surface area contributed by atoms with Crippen molar-refractivity contribution in [2.75, 3.05) is 13.7 Å². The van der Waals surface area contributed by atoms with Crippen molar-refractivity contribution in [3.63, 3.8) is 0 Å². The van der Waals surface area contributed by atoms with Gasteiger partial charge in [0.1, 0.15) is 0 Å². The Bertz CT molecular complexity index is 1090. The minimum atomic E-state index is -4.16. The molecule has 1 unspecified atom stereocenters. The van der Waals surface area contributed by atoms with E-state index >= 15 is 0 Å². The van der Waals surface area contributed by atoms with Crippen LogP contribution in [0.25, 0.3) is 0 Å². The molecule has 2 aromatic heterocycles. The summed E-state index contributed by atoms with van der Waals surface area (Å²) in [4.78, 5) is 19.3. The molecule has 4 aliphatic rings. The first-order valence-corrected chi connectivity index (χ1v) is 11.8. The minimum absolute atomic E-state index is 0.0566. The van der Waals surface area contributed by atoms with Crippen molar-refractivity contribution in [3.05, 3.63) is 46.5 Å². The Labute approximate surface area is 190 Å². The Morgan fingerprint density at radius 2 is 1.91 bits per heavy atom. The monoisotopic (exact) mass is 460 g/mol. The molecule has 2 aliphatic carbocycles. The molecule has 33 heavy (non-hydrogen) atoms. The molecule has 6 nitrogen and oxygen atoms in total. The number of carbonyl (C=O) groups excluding carboxylic acids is 1. The van der Waals surface area contributed by atoms with Gasteiger partial charge in [-0.3, -0.25) is 14.5 Å². The molecule has 176 valence electrons. The number of rotatable bonds is 4. The fraction of sp³-hybridized carbons (Fsp3) is 0.625. The Morgan fingerprint density at radius 3 is 2.64 bits per heavy atom. The molecule has 2 aliphatic heterocycles. The fourth-order valence-corrected chi connectivity index (χ4v) is 5.49. The molecule has 0 N–H and O–H groups in total. The molecular weight excluding hydrogens is 433 g/mol. The van der Waals surface area contributed by atoms with Crippen LogP contribution in [0.2, 0.25) is 0 Å². The van der Waals surface area contributed by atoms with Gasteiger partial charge in [-0.05, 0) is 44.6 Å². The van der Waals surface area contributed by atoms with Crippen LogP contribution in [0.15, 0.2) is 18.5 Å². The Balaban J connectivity index is 1.28. The van der Waals surface area contributed by atoms with Crippen LogP contribution in [0.5, 0.6) is 0 Å². The molecule has 0 spiro atoms. The number of aromatic nitrogens is 3. The lowest BCUT2D eigenvalue weighted by atomic mass is 9.71. The second-order valence-corrected chi connectivity index (χ2v) is 10.1. The van der Waals surface area contributed by atoms with Crippen LogP contribution in [0, 0.1) is 5.92 Å². The predicted molar refractivity (Wildman–Crippen MR) is 113 cm³/mol. The van der Waals surface area contributed by atoms with Gasteiger partial charge in [-0.1, -0.05) is 0 Å². The van der Waals surface area contributed by atoms with Crippen molar-refractivity contribution in [3.8, 4) is 0 Å². The molecule has 2 atom stereocenters. The zero-order valence-corrected chi connectivity index (χ0v) is 18.5. The number of hydrogen-bond donors (Lipinski definition) is 0. The molecule has 6 rings (SSSR count). The average Bonchev–Trinajstić information content (AvgIpc) is 3.40. The van der Waals surface area contributed by atoms with E-state index in [1.807, 2.05) is 16.9 Å². The summed E-state index contributed by atoms with van der Waals surface area (Å²) >= 11 is 0. The zero-order valence-electron chi connectivity index (χ0n) is 18.5. The Kier molecular flexibility index (Phi) is 4.83. The van der Waals surface area contributed by atoms with E-state index in [4.69, 9.17) is 9.72 Å². The SMILES string of the molecule is CN1Cc2c(cc(C3CCO[C@@H](c4cnn(C5CC5)c4)C3)nc2C2CC(C(F)(F)F)C2)C1=O. The smallest absolute Gasteiger partial charge is 0.373 e. The first-order chi connectivity index (χ1) is 15.8. The van der Waals surface area contributed by atoms with E-state index in [1.54, 1.807) is 11.9 Å². The van der Waals surface area contributed by atoms with Gasteiger partial charge in [0.2, 0.25) is 0 Å². The lowest BCUT2D eigenvalue weighted by Crippen LogP contribution is -2.35. The van der Waals surface area contributed by atoms with Crippen LogP contribution >= 0.6 is 0 Å². The number of amides is 1. The number of hydrogen-bond acceptors (Lipinski definition) is 4. The van der Waals surface area contributed by atoms with Crippen molar-refractivity contribution in [1.29, 1.82) is 0 Å². The highest BCUT2D eigenvalue weighted by atomic mass is 19.4. The summed E-state index contributed by atoms with van der Waals surface area (Å²) < 4.78 is 47.4. The predicted octanol–water partition coefficient (Wildman–Crippen LogP) is 4.89. The molecule has 3 fully saturated rings. The maximum absolute atomic E-state index is 13.1. The van der Waals surface area contributed by atoms with Gasteiger partial charge in [0.15, 0.2) is 0 Å². The van der Waals surface area contributed by atoms with Crippen LogP contribution in [-0.2, 0) is 11.3 Å². The molecule has 2 saturated carbocycles. The molecule has 4 heterocycles. The molecule has 9 heteroatoms. The number of alkyl halides is 3. The number of halogens is 3. The maximum Gasteiger partial charge on any atom is 0.391 e. The van der Waals surface area contributed by atoms with E-state index in [2.05, 4.69) is 11.3 Å². The first-order valence-electron chi connectivity index (χ1n) is 11.8. The fourth-order valence-electron chi connectivity index (χ4n) is 5.49. The van der Waals surface area contributed by atoms with E-state index in [0.717, 1.165) is 42.5 Å². The van der Waals surface area contributed by atoms with Gasteiger partial charge in [-0.25, -0.2) is 0 Å². The van der Waals surface area contributed by atoms with Crippen LogP contribution in [-0.4, -0.2) is 45.4 Å². The zero-order chi connectivity index (χ0) is 22.9. The highest BCUT2D eigenvalue weighted by molar-refractivity contribution is 5.98. The second kappa shape index (κ2) is 7.55. The third kappa shape index (κ3) is 3.74. The summed E-state index contributed by atoms with van der Waals surface area (Å²) in [6.07, 6.45) is 3.62. The van der Waals surface area contributed by atoms with E-state index in [1.165, 1.54) is 0 Å². The van der Waals surface area contributed by atoms with Crippen molar-refractivity contribution in [2.24, 2.45) is 5.92 Å². The van der Waals surface area contributed by atoms with E-state index in [-0.39, 0.29) is 36.7 Å². The quantitative estimate of drug-likeness (QED) is 0.652. The second-order valence-electron chi connectivity index (χ2n) is 10.1. The Morgan fingerprint density at radius 1 is 1.12 bits per heavy atom. The number of pyridine rings is 1. The number of fused-ring (bicyclic) bond motifs is 1. The van der Waals surface area contributed by atoms with Gasteiger partial charge in [0, 0.05) is 66.3 Å². The van der Waals surface area contributed by atoms with Gasteiger partial charge < -0.3 is 9.64 Å². The highest BCUT2D eigenvalue weighted by Gasteiger charge is 2.49. The standard InChI is InChI=1S/C24H27F3N4O2/c1-30-12-19-18(23(30)32)9-20(29-22(19)14-6-16(7-14)24(25,26)27)13-4-5-33-21(8-13)15-10-28-31(11-15)17-2-3-17/h9-11,13-14,16-17,21H,2-8,12H2,1H3/t13?,14?,16?,21-/m1/s1. The summed E-state index contributed by atoms with van der Waals surface area (Å²) in [7, 11) is 1.73. The minimum Gasteiger partial charge on any atom is -0.373 e. The molecule has 0 aromatic carbocycles. The summed E-state index contributed by atoms with van der Waals surface area (Å²) in [6.45, 7) is 0.992. The Hall–Kier alpha value is -2.42. The molecule has 1 saturated heterocycles. The summed E-state index contributed by atoms with van der Waals surface area (Å²) in [5.41, 5.74) is 3.98. The molecule has 2 aromatic rings. The number of nitrogens with zero attached hydrogens (tertiary/aromatic N) is 4. The maximum atomic E-state index is 13.1. The van der Waals surface area contributed by atoms with Crippen molar-refractivity contribution in [1.82, 2.24) is 19.7 Å². The van der Waals surface area contributed by atoms with Crippen molar-refractivity contribution in [2.45, 2.75) is 75.2 Å². The largest absolute Gasteiger partial charge is 0.391 e. The van der Waals surface area contributed by atoms with Crippen LogP contribution in [0.1, 0.15) is 95.4 Å². The average molecular weight is 461 g/mol. The van der Waals surface area contributed by atoms with E-state index < -0.39 is 12.1 Å². The summed E-state index contributed by atoms with van der Waals surface area (Å²) in [6, 6.07) is 2.38. The van der Waals surface area contributed by atoms with Crippen molar-refractivity contribution < 1.29 is 22.7 Å². The van der Waals surface area contributed by atoms with Crippen molar-refractivity contribution >= 4 is 5.91 Å². The van der Waals surface area contributed by atoms with Crippen LogP contribution < -0.4 is 0 Å². The third-order valence-electron chi connectivity index (χ3n) is 7.75. The van der Waals surface area contributed by atoms with Gasteiger partial charge in [0.05, 0.1) is 24.3 Å². The van der Waals surface area contributed by atoms with E-state index in [0.29, 0.717) is 30.5 Å². The van der Waals surface area contributed by atoms with Crippen LogP contribution in [0.3, 0.4) is 0 Å². The summed E-state index contributed by atoms with van der Waals surface area (Å²) in [5, 5.41) is 4.48. The molecule has 1 amide bonds. The molecule has 0 radical (unpaired) electrons.